The first-order valence-electron chi connectivity index (χ1n) is 9.72. The van der Waals surface area contributed by atoms with Crippen molar-refractivity contribution < 1.29 is 9.59 Å². The van der Waals surface area contributed by atoms with Crippen LogP contribution in [-0.2, 0) is 9.59 Å². The van der Waals surface area contributed by atoms with Gasteiger partial charge in [0.2, 0.25) is 11.8 Å². The molecule has 4 heteroatoms. The van der Waals surface area contributed by atoms with E-state index in [4.69, 9.17) is 0 Å². The van der Waals surface area contributed by atoms with Crippen molar-refractivity contribution in [2.75, 3.05) is 10.6 Å². The van der Waals surface area contributed by atoms with E-state index in [1.54, 1.807) is 0 Å². The van der Waals surface area contributed by atoms with Gasteiger partial charge in [-0.25, -0.2) is 0 Å². The molecule has 0 atom stereocenters. The lowest BCUT2D eigenvalue weighted by Gasteiger charge is -2.10. The highest BCUT2D eigenvalue weighted by atomic mass is 16.2. The molecule has 0 radical (unpaired) electrons. The number of benzene rings is 2. The van der Waals surface area contributed by atoms with Gasteiger partial charge in [0.25, 0.3) is 0 Å². The van der Waals surface area contributed by atoms with Crippen LogP contribution in [0, 0.1) is 19.8 Å². The zero-order valence-corrected chi connectivity index (χ0v) is 16.5. The quantitative estimate of drug-likeness (QED) is 0.754. The van der Waals surface area contributed by atoms with Gasteiger partial charge in [-0.2, -0.15) is 0 Å². The second kappa shape index (κ2) is 10.5. The molecular weight excluding hydrogens is 336 g/mol. The van der Waals surface area contributed by atoms with Gasteiger partial charge in [-0.15, -0.1) is 0 Å². The van der Waals surface area contributed by atoms with Gasteiger partial charge in [-0.1, -0.05) is 55.2 Å². The summed E-state index contributed by atoms with van der Waals surface area (Å²) in [6, 6.07) is 15.7. The zero-order chi connectivity index (χ0) is 19.6. The fraction of sp³-hybridized carbons (Fsp3) is 0.391. The Morgan fingerprint density at radius 1 is 0.815 bits per heavy atom. The van der Waals surface area contributed by atoms with Crippen molar-refractivity contribution in [3.63, 3.8) is 0 Å². The number of aryl methyl sites for hydroxylation is 2. The molecular formula is C23H30N2O2. The standard InChI is InChI=1S/C13H17NO.C10H13NO/c1-10-6-8-12(9-7-10)14-13(15)11-4-2-3-5-11;1-3-10(12)11-9-6-4-8(2)5-7-9/h6-9,11H,2-5H2,1H3,(H,14,15);4-7H,3H2,1-2H3,(H,11,12). The molecule has 0 bridgehead atoms. The molecule has 0 heterocycles. The second-order valence-corrected chi connectivity index (χ2v) is 7.10. The minimum absolute atomic E-state index is 0.0545. The second-order valence-electron chi connectivity index (χ2n) is 7.10. The first-order valence-corrected chi connectivity index (χ1v) is 9.72. The Balaban J connectivity index is 0.000000199. The summed E-state index contributed by atoms with van der Waals surface area (Å²) >= 11 is 0. The molecule has 0 aliphatic heterocycles. The summed E-state index contributed by atoms with van der Waals surface area (Å²) in [5.74, 6) is 0.488. The summed E-state index contributed by atoms with van der Waals surface area (Å²) in [4.78, 5) is 22.7. The summed E-state index contributed by atoms with van der Waals surface area (Å²) in [7, 11) is 0. The Hall–Kier alpha value is -2.62. The fourth-order valence-electron chi connectivity index (χ4n) is 2.96. The lowest BCUT2D eigenvalue weighted by atomic mass is 10.1. The predicted molar refractivity (Wildman–Crippen MR) is 112 cm³/mol. The number of hydrogen-bond donors (Lipinski definition) is 2. The van der Waals surface area contributed by atoms with Gasteiger partial charge in [-0.05, 0) is 51.0 Å². The van der Waals surface area contributed by atoms with Crippen LogP contribution in [-0.4, -0.2) is 11.8 Å². The highest BCUT2D eigenvalue weighted by molar-refractivity contribution is 5.92. The zero-order valence-electron chi connectivity index (χ0n) is 16.5. The van der Waals surface area contributed by atoms with E-state index in [-0.39, 0.29) is 17.7 Å². The minimum Gasteiger partial charge on any atom is -0.326 e. The van der Waals surface area contributed by atoms with Crippen molar-refractivity contribution in [1.82, 2.24) is 0 Å². The largest absolute Gasteiger partial charge is 0.326 e. The Morgan fingerprint density at radius 3 is 1.70 bits per heavy atom. The molecule has 1 aliphatic carbocycles. The van der Waals surface area contributed by atoms with Crippen molar-refractivity contribution in [2.45, 2.75) is 52.9 Å². The molecule has 1 fully saturated rings. The van der Waals surface area contributed by atoms with E-state index in [0.29, 0.717) is 6.42 Å². The number of anilines is 2. The number of rotatable bonds is 4. The minimum atomic E-state index is 0.0545. The number of hydrogen-bond acceptors (Lipinski definition) is 2. The van der Waals surface area contributed by atoms with Crippen LogP contribution in [0.4, 0.5) is 11.4 Å². The Kier molecular flexibility index (Phi) is 8.05. The van der Waals surface area contributed by atoms with Crippen LogP contribution in [0.1, 0.15) is 50.2 Å². The normalized spacial score (nSPS) is 13.4. The molecule has 0 aromatic heterocycles. The highest BCUT2D eigenvalue weighted by Crippen LogP contribution is 2.26. The van der Waals surface area contributed by atoms with E-state index in [1.807, 2.05) is 69.3 Å². The Bertz CT molecular complexity index is 730. The average molecular weight is 367 g/mol. The molecule has 1 aliphatic rings. The highest BCUT2D eigenvalue weighted by Gasteiger charge is 2.22. The van der Waals surface area contributed by atoms with Gasteiger partial charge in [0, 0.05) is 23.7 Å². The van der Waals surface area contributed by atoms with Crippen molar-refractivity contribution in [3.8, 4) is 0 Å². The van der Waals surface area contributed by atoms with Crippen LogP contribution in [0.2, 0.25) is 0 Å². The van der Waals surface area contributed by atoms with Gasteiger partial charge in [0.05, 0.1) is 0 Å². The van der Waals surface area contributed by atoms with E-state index in [2.05, 4.69) is 10.6 Å². The molecule has 144 valence electrons. The maximum atomic E-state index is 11.8. The molecule has 2 N–H and O–H groups in total. The maximum absolute atomic E-state index is 11.8. The van der Waals surface area contributed by atoms with Gasteiger partial charge < -0.3 is 10.6 Å². The molecule has 1 saturated carbocycles. The van der Waals surface area contributed by atoms with E-state index < -0.39 is 0 Å². The van der Waals surface area contributed by atoms with E-state index in [1.165, 1.54) is 24.0 Å². The first-order chi connectivity index (χ1) is 13.0. The molecule has 0 spiro atoms. The lowest BCUT2D eigenvalue weighted by Crippen LogP contribution is -2.20. The van der Waals surface area contributed by atoms with Crippen molar-refractivity contribution in [2.24, 2.45) is 5.92 Å². The third-order valence-electron chi connectivity index (χ3n) is 4.70. The summed E-state index contributed by atoms with van der Waals surface area (Å²) < 4.78 is 0. The van der Waals surface area contributed by atoms with Crippen molar-refractivity contribution in [1.29, 1.82) is 0 Å². The molecule has 3 rings (SSSR count). The number of amides is 2. The van der Waals surface area contributed by atoms with Crippen molar-refractivity contribution in [3.05, 3.63) is 59.7 Å². The SMILES string of the molecule is CCC(=O)Nc1ccc(C)cc1.Cc1ccc(NC(=O)C2CCCC2)cc1. The van der Waals surface area contributed by atoms with E-state index in [9.17, 15) is 9.59 Å². The van der Waals surface area contributed by atoms with Crippen molar-refractivity contribution >= 4 is 23.2 Å². The molecule has 27 heavy (non-hydrogen) atoms. The van der Waals surface area contributed by atoms with Crippen LogP contribution in [0.15, 0.2) is 48.5 Å². The van der Waals surface area contributed by atoms with Crippen LogP contribution >= 0.6 is 0 Å². The topological polar surface area (TPSA) is 58.2 Å². The fourth-order valence-corrected chi connectivity index (χ4v) is 2.96. The van der Waals surface area contributed by atoms with Gasteiger partial charge in [-0.3, -0.25) is 9.59 Å². The van der Waals surface area contributed by atoms with Gasteiger partial charge in [0.1, 0.15) is 0 Å². The molecule has 0 saturated heterocycles. The molecule has 4 nitrogen and oxygen atoms in total. The Morgan fingerprint density at radius 2 is 1.26 bits per heavy atom. The van der Waals surface area contributed by atoms with Crippen LogP contribution in [0.3, 0.4) is 0 Å². The molecule has 0 unspecified atom stereocenters. The lowest BCUT2D eigenvalue weighted by molar-refractivity contribution is -0.119. The van der Waals surface area contributed by atoms with Crippen LogP contribution < -0.4 is 10.6 Å². The smallest absolute Gasteiger partial charge is 0.227 e. The summed E-state index contributed by atoms with van der Waals surface area (Å²) in [6.07, 6.45) is 5.03. The maximum Gasteiger partial charge on any atom is 0.227 e. The third kappa shape index (κ3) is 7.26. The van der Waals surface area contributed by atoms with E-state index >= 15 is 0 Å². The monoisotopic (exact) mass is 366 g/mol. The summed E-state index contributed by atoms with van der Waals surface area (Å²) in [5.41, 5.74) is 4.20. The Labute approximate surface area is 162 Å². The third-order valence-corrected chi connectivity index (χ3v) is 4.70. The van der Waals surface area contributed by atoms with Gasteiger partial charge >= 0.3 is 0 Å². The summed E-state index contributed by atoms with van der Waals surface area (Å²) in [6.45, 7) is 5.90. The summed E-state index contributed by atoms with van der Waals surface area (Å²) in [5, 5.41) is 5.75. The molecule has 2 aromatic carbocycles. The molecule has 2 aromatic rings. The average Bonchev–Trinajstić information content (AvgIpc) is 3.21. The number of carbonyl (C=O) groups excluding carboxylic acids is 2. The predicted octanol–water partition coefficient (Wildman–Crippen LogP) is 5.47. The van der Waals surface area contributed by atoms with Crippen LogP contribution in [0.25, 0.3) is 0 Å². The van der Waals surface area contributed by atoms with Gasteiger partial charge in [0.15, 0.2) is 0 Å². The van der Waals surface area contributed by atoms with Crippen LogP contribution in [0.5, 0.6) is 0 Å². The first kappa shape index (κ1) is 20.7. The van der Waals surface area contributed by atoms with E-state index in [0.717, 1.165) is 24.2 Å². The molecule has 2 amide bonds. The number of carbonyl (C=O) groups is 2. The number of nitrogens with one attached hydrogen (secondary N) is 2.